The zero-order valence-electron chi connectivity index (χ0n) is 18.2. The Balaban J connectivity index is 4.46. The molecular formula is C20H45NP2. The minimum absolute atomic E-state index is 0.0229. The van der Waals surface area contributed by atoms with Crippen molar-refractivity contribution >= 4 is 15.8 Å². The van der Waals surface area contributed by atoms with Gasteiger partial charge < -0.3 is 5.32 Å². The Morgan fingerprint density at radius 1 is 0.478 bits per heavy atom. The molecule has 140 valence electrons. The van der Waals surface area contributed by atoms with Crippen molar-refractivity contribution in [3.63, 3.8) is 0 Å². The summed E-state index contributed by atoms with van der Waals surface area (Å²) >= 11 is 0. The SMILES string of the molecule is CC(C)(C)P(CCNCCP(C(C)(C)C)C(C)(C)C)C(C)(C)C. The van der Waals surface area contributed by atoms with Gasteiger partial charge in [-0.05, 0) is 46.0 Å². The molecule has 3 heteroatoms. The fourth-order valence-electron chi connectivity index (χ4n) is 3.86. The van der Waals surface area contributed by atoms with Crippen LogP contribution in [0.3, 0.4) is 0 Å². The van der Waals surface area contributed by atoms with Crippen molar-refractivity contribution in [1.82, 2.24) is 5.32 Å². The molecule has 0 aromatic carbocycles. The quantitative estimate of drug-likeness (QED) is 0.408. The average Bonchev–Trinajstić information content (AvgIpc) is 2.19. The van der Waals surface area contributed by atoms with Gasteiger partial charge in [-0.1, -0.05) is 98.9 Å². The Bertz CT molecular complexity index is 275. The molecule has 1 N–H and O–H groups in total. The van der Waals surface area contributed by atoms with E-state index in [1.54, 1.807) is 0 Å². The Morgan fingerprint density at radius 2 is 0.696 bits per heavy atom. The lowest BCUT2D eigenvalue weighted by Gasteiger charge is -2.42. The third-order valence-electron chi connectivity index (χ3n) is 4.26. The Hall–Kier alpha value is 0.820. The van der Waals surface area contributed by atoms with Crippen molar-refractivity contribution in [2.24, 2.45) is 0 Å². The maximum absolute atomic E-state index is 3.77. The van der Waals surface area contributed by atoms with Crippen LogP contribution >= 0.6 is 15.8 Å². The molecule has 0 aliphatic rings. The van der Waals surface area contributed by atoms with Gasteiger partial charge in [0.2, 0.25) is 0 Å². The van der Waals surface area contributed by atoms with Crippen LogP contribution in [-0.2, 0) is 0 Å². The first-order valence-corrected chi connectivity index (χ1v) is 12.3. The van der Waals surface area contributed by atoms with Gasteiger partial charge >= 0.3 is 0 Å². The van der Waals surface area contributed by atoms with Crippen molar-refractivity contribution < 1.29 is 0 Å². The van der Waals surface area contributed by atoms with Crippen molar-refractivity contribution in [2.75, 3.05) is 25.4 Å². The minimum atomic E-state index is 0.0229. The van der Waals surface area contributed by atoms with Crippen LogP contribution in [0.4, 0.5) is 0 Å². The molecule has 0 bridgehead atoms. The maximum atomic E-state index is 3.77. The van der Waals surface area contributed by atoms with Gasteiger partial charge in [-0.15, -0.1) is 0 Å². The fraction of sp³-hybridized carbons (Fsp3) is 1.00. The number of hydrogen-bond acceptors (Lipinski definition) is 1. The van der Waals surface area contributed by atoms with Gasteiger partial charge in [0.25, 0.3) is 0 Å². The summed E-state index contributed by atoms with van der Waals surface area (Å²) < 4.78 is 0. The van der Waals surface area contributed by atoms with E-state index >= 15 is 0 Å². The molecule has 0 saturated heterocycles. The van der Waals surface area contributed by atoms with Gasteiger partial charge in [-0.25, -0.2) is 0 Å². The molecule has 0 fully saturated rings. The molecule has 0 atom stereocenters. The van der Waals surface area contributed by atoms with Crippen LogP contribution in [0, 0.1) is 0 Å². The molecule has 0 heterocycles. The first kappa shape index (κ1) is 23.8. The highest BCUT2D eigenvalue weighted by molar-refractivity contribution is 7.61. The number of nitrogens with one attached hydrogen (secondary N) is 1. The molecule has 23 heavy (non-hydrogen) atoms. The molecule has 0 amide bonds. The molecule has 0 saturated carbocycles. The molecule has 0 spiro atoms. The second kappa shape index (κ2) is 8.47. The molecule has 0 aromatic heterocycles. The fourth-order valence-corrected chi connectivity index (χ4v) is 11.3. The van der Waals surface area contributed by atoms with Crippen molar-refractivity contribution in [1.29, 1.82) is 0 Å². The molecule has 1 nitrogen and oxygen atoms in total. The second-order valence-electron chi connectivity index (χ2n) is 10.7. The van der Waals surface area contributed by atoms with Crippen molar-refractivity contribution in [3.8, 4) is 0 Å². The summed E-state index contributed by atoms with van der Waals surface area (Å²) in [5.74, 6) is 0. The summed E-state index contributed by atoms with van der Waals surface area (Å²) in [5, 5.41) is 5.54. The first-order chi connectivity index (χ1) is 9.97. The van der Waals surface area contributed by atoms with E-state index in [-0.39, 0.29) is 15.8 Å². The molecule has 0 rings (SSSR count). The largest absolute Gasteiger partial charge is 0.316 e. The summed E-state index contributed by atoms with van der Waals surface area (Å²) in [5.41, 5.74) is 0. The van der Waals surface area contributed by atoms with Gasteiger partial charge in [0.05, 0.1) is 0 Å². The van der Waals surface area contributed by atoms with E-state index in [1.165, 1.54) is 25.4 Å². The molecule has 0 aromatic rings. The number of hydrogen-bond donors (Lipinski definition) is 1. The monoisotopic (exact) mass is 361 g/mol. The lowest BCUT2D eigenvalue weighted by Crippen LogP contribution is -2.33. The molecule has 0 aliphatic heterocycles. The molecular weight excluding hydrogens is 316 g/mol. The third-order valence-corrected chi connectivity index (χ3v) is 12.1. The highest BCUT2D eigenvalue weighted by Gasteiger charge is 2.34. The lowest BCUT2D eigenvalue weighted by atomic mass is 10.2. The van der Waals surface area contributed by atoms with E-state index in [9.17, 15) is 0 Å². The van der Waals surface area contributed by atoms with Crippen molar-refractivity contribution in [2.45, 2.75) is 104 Å². The Labute approximate surface area is 150 Å². The zero-order valence-corrected chi connectivity index (χ0v) is 20.0. The topological polar surface area (TPSA) is 12.0 Å². The average molecular weight is 362 g/mol. The molecule has 0 radical (unpaired) electrons. The molecule has 0 aliphatic carbocycles. The van der Waals surface area contributed by atoms with Crippen LogP contribution in [0.25, 0.3) is 0 Å². The lowest BCUT2D eigenvalue weighted by molar-refractivity contribution is 0.679. The smallest absolute Gasteiger partial charge is 0.000898 e. The summed E-state index contributed by atoms with van der Waals surface area (Å²) in [6.45, 7) is 31.4. The normalized spacial score (nSPS) is 14.9. The van der Waals surface area contributed by atoms with Gasteiger partial charge in [0.15, 0.2) is 0 Å². The van der Waals surface area contributed by atoms with E-state index in [2.05, 4.69) is 88.4 Å². The number of rotatable bonds is 6. The van der Waals surface area contributed by atoms with Crippen molar-refractivity contribution in [3.05, 3.63) is 0 Å². The standard InChI is InChI=1S/C20H45NP2/c1-17(2,3)22(18(4,5)6)15-13-21-14-16-23(19(7,8)9)20(10,11)12/h21H,13-16H2,1-12H3. The maximum Gasteiger partial charge on any atom is -0.000898 e. The van der Waals surface area contributed by atoms with Gasteiger partial charge in [-0.2, -0.15) is 0 Å². The zero-order chi connectivity index (χ0) is 18.7. The minimum Gasteiger partial charge on any atom is -0.316 e. The predicted molar refractivity (Wildman–Crippen MR) is 115 cm³/mol. The highest BCUT2D eigenvalue weighted by atomic mass is 31.1. The van der Waals surface area contributed by atoms with E-state index < -0.39 is 0 Å². The van der Waals surface area contributed by atoms with E-state index in [0.29, 0.717) is 20.6 Å². The summed E-state index contributed by atoms with van der Waals surface area (Å²) in [6.07, 6.45) is 2.68. The van der Waals surface area contributed by atoms with Crippen LogP contribution in [0.5, 0.6) is 0 Å². The van der Waals surface area contributed by atoms with Gasteiger partial charge in [0, 0.05) is 0 Å². The van der Waals surface area contributed by atoms with Crippen LogP contribution < -0.4 is 5.32 Å². The highest BCUT2D eigenvalue weighted by Crippen LogP contribution is 2.59. The van der Waals surface area contributed by atoms with Crippen LogP contribution in [-0.4, -0.2) is 46.0 Å². The Kier molecular flexibility index (Phi) is 8.77. The van der Waals surface area contributed by atoms with E-state index in [4.69, 9.17) is 0 Å². The summed E-state index contributed by atoms with van der Waals surface area (Å²) in [4.78, 5) is 0. The first-order valence-electron chi connectivity index (χ1n) is 9.23. The van der Waals surface area contributed by atoms with E-state index in [1.807, 2.05) is 0 Å². The second-order valence-corrected chi connectivity index (χ2v) is 18.7. The Morgan fingerprint density at radius 3 is 0.870 bits per heavy atom. The van der Waals surface area contributed by atoms with Crippen LogP contribution in [0.1, 0.15) is 83.1 Å². The van der Waals surface area contributed by atoms with Crippen LogP contribution in [0.15, 0.2) is 0 Å². The third kappa shape index (κ3) is 9.18. The van der Waals surface area contributed by atoms with Gasteiger partial charge in [-0.3, -0.25) is 0 Å². The van der Waals surface area contributed by atoms with Crippen LogP contribution in [0.2, 0.25) is 0 Å². The molecule has 0 unspecified atom stereocenters. The van der Waals surface area contributed by atoms with Gasteiger partial charge in [0.1, 0.15) is 0 Å². The summed E-state index contributed by atoms with van der Waals surface area (Å²) in [6, 6.07) is 0. The van der Waals surface area contributed by atoms with E-state index in [0.717, 1.165) is 0 Å². The summed E-state index contributed by atoms with van der Waals surface area (Å²) in [7, 11) is 0.0459. The predicted octanol–water partition coefficient (Wildman–Crippen LogP) is 6.73.